The van der Waals surface area contributed by atoms with E-state index in [2.05, 4.69) is 64.2 Å². The molecule has 2 rings (SSSR count). The molecule has 0 N–H and O–H groups in total. The number of halogens is 2. The zero-order valence-electron chi connectivity index (χ0n) is 12.1. The Hall–Kier alpha value is 0.423. The molecule has 2 aliphatic rings. The predicted octanol–water partition coefficient (Wildman–Crippen LogP) is -1.33. The van der Waals surface area contributed by atoms with Crippen molar-refractivity contribution in [1.29, 1.82) is 0 Å². The van der Waals surface area contributed by atoms with E-state index in [-0.39, 0.29) is 51.0 Å². The van der Waals surface area contributed by atoms with Crippen LogP contribution in [0.25, 0.3) is 0 Å². The first-order valence-electron chi connectivity index (χ1n) is 6.15. The molecule has 19 heavy (non-hydrogen) atoms. The molecule has 3 heteroatoms. The van der Waals surface area contributed by atoms with E-state index in [1.54, 1.807) is 0 Å². The number of hydrogen-bond donors (Lipinski definition) is 0. The Labute approximate surface area is 150 Å². The van der Waals surface area contributed by atoms with Gasteiger partial charge in [-0.3, -0.25) is 12.2 Å². The molecule has 0 heterocycles. The standard InChI is InChI=1S/2C8H11.2ClH.Zr/c2*1-7(2)8-5-3-4-6-8;;;/h2*3,5,7H,4H2,1-2H3;2*1H;/q2*-1;;;+2/p-2. The van der Waals surface area contributed by atoms with Crippen LogP contribution in [-0.2, 0) is 26.2 Å². The predicted molar refractivity (Wildman–Crippen MR) is 70.7 cm³/mol. The van der Waals surface area contributed by atoms with E-state index < -0.39 is 0 Å². The van der Waals surface area contributed by atoms with Gasteiger partial charge in [-0.2, -0.15) is 12.2 Å². The third-order valence-electron chi connectivity index (χ3n) is 2.69. The van der Waals surface area contributed by atoms with Gasteiger partial charge in [0, 0.05) is 0 Å². The quantitative estimate of drug-likeness (QED) is 0.524. The fraction of sp³-hybridized carbons (Fsp3) is 0.500. The molecule has 0 aromatic heterocycles. The molecule has 0 amide bonds. The molecular formula is C16H22Cl2Zr-2. The molecule has 0 nitrogen and oxygen atoms in total. The maximum atomic E-state index is 3.26. The third-order valence-corrected chi connectivity index (χ3v) is 2.69. The van der Waals surface area contributed by atoms with Crippen molar-refractivity contribution in [3.05, 3.63) is 47.6 Å². The van der Waals surface area contributed by atoms with E-state index in [0.717, 1.165) is 12.8 Å². The second-order valence-corrected chi connectivity index (χ2v) is 4.79. The van der Waals surface area contributed by atoms with E-state index in [9.17, 15) is 0 Å². The summed E-state index contributed by atoms with van der Waals surface area (Å²) < 4.78 is 0. The molecule has 0 fully saturated rings. The van der Waals surface area contributed by atoms with Crippen LogP contribution in [0, 0.1) is 24.0 Å². The van der Waals surface area contributed by atoms with Crippen molar-refractivity contribution >= 4 is 0 Å². The van der Waals surface area contributed by atoms with E-state index in [0.29, 0.717) is 11.8 Å². The minimum absolute atomic E-state index is 0. The van der Waals surface area contributed by atoms with Gasteiger partial charge >= 0.3 is 26.2 Å². The van der Waals surface area contributed by atoms with Crippen LogP contribution in [0.2, 0.25) is 0 Å². The first kappa shape index (κ1) is 24.4. The van der Waals surface area contributed by atoms with Gasteiger partial charge in [-0.05, 0) is 0 Å². The van der Waals surface area contributed by atoms with Crippen molar-refractivity contribution in [3.63, 3.8) is 0 Å². The number of rotatable bonds is 2. The van der Waals surface area contributed by atoms with Gasteiger partial charge in [0.2, 0.25) is 0 Å². The Morgan fingerprint density at radius 2 is 1.11 bits per heavy atom. The zero-order valence-corrected chi connectivity index (χ0v) is 16.1. The largest absolute Gasteiger partial charge is 2.00 e. The van der Waals surface area contributed by atoms with E-state index in [4.69, 9.17) is 0 Å². The normalized spacial score (nSPS) is 14.8. The Kier molecular flexibility index (Phi) is 17.2. The van der Waals surface area contributed by atoms with Crippen molar-refractivity contribution in [1.82, 2.24) is 0 Å². The monoisotopic (exact) mass is 374 g/mol. The van der Waals surface area contributed by atoms with Gasteiger partial charge in [0.1, 0.15) is 0 Å². The second kappa shape index (κ2) is 13.4. The first-order valence-corrected chi connectivity index (χ1v) is 6.15. The summed E-state index contributed by atoms with van der Waals surface area (Å²) in [6.07, 6.45) is 17.2. The van der Waals surface area contributed by atoms with Gasteiger partial charge in [-0.25, -0.2) is 23.3 Å². The SMILES string of the molecule is CC(C)C1=[C-]CC=C1.CC(C)C1=[C-]CC=C1.[Cl-].[Cl-].[Zr+2]. The average molecular weight is 376 g/mol. The minimum atomic E-state index is 0. The van der Waals surface area contributed by atoms with E-state index >= 15 is 0 Å². The summed E-state index contributed by atoms with van der Waals surface area (Å²) in [4.78, 5) is 0. The second-order valence-electron chi connectivity index (χ2n) is 4.79. The molecule has 2 aliphatic carbocycles. The van der Waals surface area contributed by atoms with Crippen LogP contribution in [0.3, 0.4) is 0 Å². The van der Waals surface area contributed by atoms with Gasteiger partial charge in [0.25, 0.3) is 0 Å². The molecule has 0 saturated carbocycles. The van der Waals surface area contributed by atoms with E-state index in [1.807, 2.05) is 0 Å². The maximum absolute atomic E-state index is 3.26. The Bertz CT molecular complexity index is 303. The molecule has 0 radical (unpaired) electrons. The van der Waals surface area contributed by atoms with Gasteiger partial charge in [0.15, 0.2) is 0 Å². The minimum Gasteiger partial charge on any atom is -1.00 e. The van der Waals surface area contributed by atoms with Crippen molar-refractivity contribution in [2.75, 3.05) is 0 Å². The van der Waals surface area contributed by atoms with Crippen LogP contribution in [0.5, 0.6) is 0 Å². The summed E-state index contributed by atoms with van der Waals surface area (Å²) in [7, 11) is 0. The summed E-state index contributed by atoms with van der Waals surface area (Å²) in [5, 5.41) is 0. The van der Waals surface area contributed by atoms with Crippen LogP contribution in [0.15, 0.2) is 35.5 Å². The molecule has 0 unspecified atom stereocenters. The van der Waals surface area contributed by atoms with Gasteiger partial charge < -0.3 is 24.8 Å². The molecular weight excluding hydrogens is 354 g/mol. The van der Waals surface area contributed by atoms with Crippen LogP contribution < -0.4 is 24.8 Å². The van der Waals surface area contributed by atoms with E-state index in [1.165, 1.54) is 11.1 Å². The van der Waals surface area contributed by atoms with Crippen molar-refractivity contribution < 1.29 is 51.0 Å². The summed E-state index contributed by atoms with van der Waals surface area (Å²) in [6.45, 7) is 8.77. The molecule has 106 valence electrons. The Morgan fingerprint density at radius 1 is 0.789 bits per heavy atom. The van der Waals surface area contributed by atoms with Gasteiger partial charge in [-0.1, -0.05) is 39.5 Å². The van der Waals surface area contributed by atoms with Gasteiger partial charge in [-0.15, -0.1) is 12.8 Å². The molecule has 0 saturated heterocycles. The molecule has 0 aromatic rings. The third kappa shape index (κ3) is 9.88. The number of hydrogen-bond acceptors (Lipinski definition) is 0. The van der Waals surface area contributed by atoms with Crippen LogP contribution >= 0.6 is 0 Å². The summed E-state index contributed by atoms with van der Waals surface area (Å²) in [5.74, 6) is 1.32. The van der Waals surface area contributed by atoms with Crippen molar-refractivity contribution in [3.8, 4) is 0 Å². The molecule has 0 bridgehead atoms. The fourth-order valence-electron chi connectivity index (χ4n) is 1.64. The molecule has 0 aliphatic heterocycles. The molecule has 0 aromatic carbocycles. The van der Waals surface area contributed by atoms with Crippen LogP contribution in [0.4, 0.5) is 0 Å². The number of allylic oxidation sites excluding steroid dienone is 8. The fourth-order valence-corrected chi connectivity index (χ4v) is 1.64. The Balaban J connectivity index is -0.000000233. The Morgan fingerprint density at radius 3 is 1.21 bits per heavy atom. The topological polar surface area (TPSA) is 0 Å². The molecule has 0 atom stereocenters. The smallest absolute Gasteiger partial charge is 1.00 e. The maximum Gasteiger partial charge on any atom is 2.00 e. The zero-order chi connectivity index (χ0) is 12.0. The average Bonchev–Trinajstić information content (AvgIpc) is 2.93. The van der Waals surface area contributed by atoms with Crippen molar-refractivity contribution in [2.24, 2.45) is 11.8 Å². The summed E-state index contributed by atoms with van der Waals surface area (Å²) in [6, 6.07) is 0. The summed E-state index contributed by atoms with van der Waals surface area (Å²) >= 11 is 0. The first-order chi connectivity index (χ1) is 7.61. The molecule has 0 spiro atoms. The van der Waals surface area contributed by atoms with Crippen molar-refractivity contribution in [2.45, 2.75) is 40.5 Å². The van der Waals surface area contributed by atoms with Crippen LogP contribution in [-0.4, -0.2) is 0 Å². The summed E-state index contributed by atoms with van der Waals surface area (Å²) in [5.41, 5.74) is 2.73. The van der Waals surface area contributed by atoms with Gasteiger partial charge in [0.05, 0.1) is 0 Å². The van der Waals surface area contributed by atoms with Crippen LogP contribution in [0.1, 0.15) is 40.5 Å².